The van der Waals surface area contributed by atoms with E-state index in [9.17, 15) is 29.1 Å². The summed E-state index contributed by atoms with van der Waals surface area (Å²) in [4.78, 5) is 57.5. The van der Waals surface area contributed by atoms with Gasteiger partial charge in [0.2, 0.25) is 23.6 Å². The number of primary amides is 2. The fourth-order valence-electron chi connectivity index (χ4n) is 2.23. The van der Waals surface area contributed by atoms with E-state index in [1.807, 2.05) is 13.8 Å². The van der Waals surface area contributed by atoms with Crippen molar-refractivity contribution in [3.8, 4) is 0 Å². The second kappa shape index (κ2) is 11.8. The van der Waals surface area contributed by atoms with Gasteiger partial charge < -0.3 is 32.9 Å². The largest absolute Gasteiger partial charge is 0.480 e. The Hall–Kier alpha value is -2.69. The number of hydrogen-bond acceptors (Lipinski definition) is 6. The highest BCUT2D eigenvalue weighted by molar-refractivity contribution is 5.92. The molecule has 0 bridgehead atoms. The third-order valence-electron chi connectivity index (χ3n) is 3.67. The standard InChI is InChI=1S/C16H29N5O6/c1-8(2)7-11(21-14(24)9(17)3-5-12(18)22)15(25)20-10(16(26)27)4-6-13(19)23/h8-11H,3-7,17H2,1-2H3,(H2,18,22)(H2,19,23)(H,20,25)(H,21,24)(H,26,27). The molecule has 0 saturated carbocycles. The minimum atomic E-state index is -1.32. The van der Waals surface area contributed by atoms with Crippen molar-refractivity contribution in [3.05, 3.63) is 0 Å². The number of amides is 4. The zero-order chi connectivity index (χ0) is 21.1. The van der Waals surface area contributed by atoms with E-state index >= 15 is 0 Å². The van der Waals surface area contributed by atoms with Gasteiger partial charge in [-0.15, -0.1) is 0 Å². The average Bonchev–Trinajstić information content (AvgIpc) is 2.54. The maximum Gasteiger partial charge on any atom is 0.326 e. The number of rotatable bonds is 13. The second-order valence-corrected chi connectivity index (χ2v) is 6.71. The summed E-state index contributed by atoms with van der Waals surface area (Å²) in [6, 6.07) is -3.38. The molecule has 0 heterocycles. The smallest absolute Gasteiger partial charge is 0.326 e. The van der Waals surface area contributed by atoms with E-state index in [2.05, 4.69) is 10.6 Å². The third kappa shape index (κ3) is 10.8. The molecule has 3 atom stereocenters. The Morgan fingerprint density at radius 1 is 0.852 bits per heavy atom. The van der Waals surface area contributed by atoms with Gasteiger partial charge in [0.05, 0.1) is 6.04 Å². The molecule has 0 aliphatic rings. The Kier molecular flexibility index (Phi) is 10.7. The van der Waals surface area contributed by atoms with Crippen molar-refractivity contribution in [2.24, 2.45) is 23.1 Å². The minimum Gasteiger partial charge on any atom is -0.480 e. The monoisotopic (exact) mass is 387 g/mol. The average molecular weight is 387 g/mol. The maximum absolute atomic E-state index is 12.4. The Bertz CT molecular complexity index is 566. The molecule has 9 N–H and O–H groups in total. The lowest BCUT2D eigenvalue weighted by Gasteiger charge is -2.24. The van der Waals surface area contributed by atoms with Crippen molar-refractivity contribution >= 4 is 29.6 Å². The highest BCUT2D eigenvalue weighted by Gasteiger charge is 2.28. The van der Waals surface area contributed by atoms with Crippen LogP contribution < -0.4 is 27.8 Å². The molecule has 0 aromatic carbocycles. The van der Waals surface area contributed by atoms with Gasteiger partial charge in [-0.05, 0) is 25.2 Å². The summed E-state index contributed by atoms with van der Waals surface area (Å²) in [6.45, 7) is 3.64. The first-order valence-corrected chi connectivity index (χ1v) is 8.59. The number of hydrogen-bond donors (Lipinski definition) is 6. The van der Waals surface area contributed by atoms with Gasteiger partial charge in [-0.2, -0.15) is 0 Å². The quantitative estimate of drug-likeness (QED) is 0.208. The van der Waals surface area contributed by atoms with Gasteiger partial charge in [0.15, 0.2) is 0 Å². The van der Waals surface area contributed by atoms with Crippen molar-refractivity contribution in [2.45, 2.75) is 64.1 Å². The Morgan fingerprint density at radius 2 is 1.33 bits per heavy atom. The van der Waals surface area contributed by atoms with Crippen molar-refractivity contribution in [3.63, 3.8) is 0 Å². The van der Waals surface area contributed by atoms with Gasteiger partial charge in [-0.3, -0.25) is 19.2 Å². The van der Waals surface area contributed by atoms with Crippen molar-refractivity contribution in [1.29, 1.82) is 0 Å². The van der Waals surface area contributed by atoms with Crippen LogP contribution in [0.3, 0.4) is 0 Å². The van der Waals surface area contributed by atoms with Crippen LogP contribution in [-0.2, 0) is 24.0 Å². The minimum absolute atomic E-state index is 0.0109. The van der Waals surface area contributed by atoms with E-state index in [1.54, 1.807) is 0 Å². The van der Waals surface area contributed by atoms with Crippen molar-refractivity contribution in [1.82, 2.24) is 10.6 Å². The van der Waals surface area contributed by atoms with E-state index in [0.29, 0.717) is 0 Å². The Balaban J connectivity index is 5.01. The summed E-state index contributed by atoms with van der Waals surface area (Å²) in [6.07, 6.45) is -0.201. The Morgan fingerprint density at radius 3 is 1.78 bits per heavy atom. The number of carbonyl (C=O) groups is 5. The van der Waals surface area contributed by atoms with E-state index < -0.39 is 47.7 Å². The van der Waals surface area contributed by atoms with Gasteiger partial charge in [-0.25, -0.2) is 4.79 Å². The summed E-state index contributed by atoms with van der Waals surface area (Å²) in [7, 11) is 0. The molecule has 11 heteroatoms. The summed E-state index contributed by atoms with van der Waals surface area (Å²) in [5.41, 5.74) is 15.7. The number of aliphatic carboxylic acids is 1. The maximum atomic E-state index is 12.4. The summed E-state index contributed by atoms with van der Waals surface area (Å²) >= 11 is 0. The molecule has 0 aliphatic carbocycles. The Labute approximate surface area is 157 Å². The molecule has 0 rings (SSSR count). The molecule has 0 aromatic heterocycles. The first kappa shape index (κ1) is 24.3. The van der Waals surface area contributed by atoms with Crippen molar-refractivity contribution in [2.75, 3.05) is 0 Å². The van der Waals surface area contributed by atoms with Crippen LogP contribution in [-0.4, -0.2) is 52.8 Å². The predicted octanol–water partition coefficient (Wildman–Crippen LogP) is -2.05. The molecule has 0 radical (unpaired) electrons. The molecule has 4 amide bonds. The first-order chi connectivity index (χ1) is 12.4. The fraction of sp³-hybridized carbons (Fsp3) is 0.688. The number of carboxylic acids is 1. The number of carbonyl (C=O) groups excluding carboxylic acids is 4. The van der Waals surface area contributed by atoms with Crippen molar-refractivity contribution < 1.29 is 29.1 Å². The van der Waals surface area contributed by atoms with Gasteiger partial charge >= 0.3 is 5.97 Å². The molecule has 0 spiro atoms. The van der Waals surface area contributed by atoms with Crippen LogP contribution in [0.5, 0.6) is 0 Å². The number of carboxylic acid groups (broad SMARTS) is 1. The molecule has 0 fully saturated rings. The molecule has 0 saturated heterocycles. The van der Waals surface area contributed by atoms with Crippen LogP contribution in [0.25, 0.3) is 0 Å². The van der Waals surface area contributed by atoms with Gasteiger partial charge in [0, 0.05) is 12.8 Å². The van der Waals surface area contributed by atoms with Crippen LogP contribution in [0.1, 0.15) is 46.0 Å². The molecular formula is C16H29N5O6. The summed E-state index contributed by atoms with van der Waals surface area (Å²) in [5, 5.41) is 13.9. The van der Waals surface area contributed by atoms with Crippen LogP contribution in [0, 0.1) is 5.92 Å². The van der Waals surface area contributed by atoms with Crippen LogP contribution in [0.15, 0.2) is 0 Å². The molecule has 0 aromatic rings. The highest BCUT2D eigenvalue weighted by Crippen LogP contribution is 2.07. The fourth-order valence-corrected chi connectivity index (χ4v) is 2.23. The summed E-state index contributed by atoms with van der Waals surface area (Å²) < 4.78 is 0. The zero-order valence-electron chi connectivity index (χ0n) is 15.6. The molecular weight excluding hydrogens is 358 g/mol. The molecule has 154 valence electrons. The van der Waals surface area contributed by atoms with Gasteiger partial charge in [0.25, 0.3) is 0 Å². The molecule has 3 unspecified atom stereocenters. The SMILES string of the molecule is CC(C)CC(NC(=O)C(N)CCC(N)=O)C(=O)NC(CCC(N)=O)C(=O)O. The zero-order valence-corrected chi connectivity index (χ0v) is 15.6. The third-order valence-corrected chi connectivity index (χ3v) is 3.67. The van der Waals surface area contributed by atoms with E-state index in [1.165, 1.54) is 0 Å². The second-order valence-electron chi connectivity index (χ2n) is 6.71. The normalized spacial score (nSPS) is 14.1. The highest BCUT2D eigenvalue weighted by atomic mass is 16.4. The van der Waals surface area contributed by atoms with E-state index in [0.717, 1.165) is 0 Å². The van der Waals surface area contributed by atoms with Gasteiger partial charge in [0.1, 0.15) is 12.1 Å². The number of nitrogens with two attached hydrogens (primary N) is 3. The topological polar surface area (TPSA) is 208 Å². The molecule has 0 aliphatic heterocycles. The van der Waals surface area contributed by atoms with E-state index in [-0.39, 0.29) is 38.0 Å². The lowest BCUT2D eigenvalue weighted by molar-refractivity contribution is -0.142. The van der Waals surface area contributed by atoms with Crippen LogP contribution >= 0.6 is 0 Å². The predicted molar refractivity (Wildman–Crippen MR) is 95.8 cm³/mol. The molecule has 27 heavy (non-hydrogen) atoms. The lowest BCUT2D eigenvalue weighted by atomic mass is 10.0. The number of nitrogens with one attached hydrogen (secondary N) is 2. The van der Waals surface area contributed by atoms with E-state index in [4.69, 9.17) is 17.2 Å². The first-order valence-electron chi connectivity index (χ1n) is 8.59. The van der Waals surface area contributed by atoms with Crippen LogP contribution in [0.4, 0.5) is 0 Å². The molecule has 11 nitrogen and oxygen atoms in total. The van der Waals surface area contributed by atoms with Gasteiger partial charge in [-0.1, -0.05) is 13.8 Å². The summed E-state index contributed by atoms with van der Waals surface area (Å²) in [5.74, 6) is -3.97. The van der Waals surface area contributed by atoms with Crippen LogP contribution in [0.2, 0.25) is 0 Å². The lowest BCUT2D eigenvalue weighted by Crippen LogP contribution is -2.55.